The van der Waals surface area contributed by atoms with E-state index in [-0.39, 0.29) is 0 Å². The molecule has 0 aromatic rings. The maximum atomic E-state index is 3.64. The zero-order valence-electron chi connectivity index (χ0n) is 9.72. The van der Waals surface area contributed by atoms with Gasteiger partial charge in [0.25, 0.3) is 0 Å². The Morgan fingerprint density at radius 1 is 1.29 bits per heavy atom. The molecule has 0 radical (unpaired) electrons. The number of thioether (sulfide) groups is 1. The van der Waals surface area contributed by atoms with Crippen LogP contribution in [0.4, 0.5) is 0 Å². The second-order valence-corrected chi connectivity index (χ2v) is 5.74. The first-order chi connectivity index (χ1) is 6.86. The molecule has 0 spiro atoms. The number of hydrogen-bond acceptors (Lipinski definition) is 2. The fourth-order valence-electron chi connectivity index (χ4n) is 1.99. The molecule has 1 aliphatic rings. The molecule has 0 aromatic carbocycles. The van der Waals surface area contributed by atoms with Crippen molar-refractivity contribution in [2.24, 2.45) is 5.92 Å². The molecule has 0 aliphatic carbocycles. The zero-order valence-corrected chi connectivity index (χ0v) is 10.5. The van der Waals surface area contributed by atoms with Crippen molar-refractivity contribution in [2.45, 2.75) is 51.2 Å². The molecule has 14 heavy (non-hydrogen) atoms. The van der Waals surface area contributed by atoms with Crippen molar-refractivity contribution < 1.29 is 0 Å². The van der Waals surface area contributed by atoms with Crippen molar-refractivity contribution in [3.8, 4) is 0 Å². The van der Waals surface area contributed by atoms with E-state index in [0.29, 0.717) is 0 Å². The van der Waals surface area contributed by atoms with Crippen LogP contribution in [0.25, 0.3) is 0 Å². The lowest BCUT2D eigenvalue weighted by Crippen LogP contribution is -2.30. The summed E-state index contributed by atoms with van der Waals surface area (Å²) < 4.78 is 0. The van der Waals surface area contributed by atoms with E-state index in [1.807, 2.05) is 0 Å². The predicted octanol–water partition coefficient (Wildman–Crippen LogP) is 3.30. The SMILES string of the molecule is CCC(CC)CNCC1CCCCS1. The van der Waals surface area contributed by atoms with Crippen molar-refractivity contribution in [1.82, 2.24) is 5.32 Å². The minimum Gasteiger partial charge on any atom is -0.315 e. The molecule has 0 saturated carbocycles. The standard InChI is InChI=1S/C12H25NS/c1-3-11(4-2)9-13-10-12-7-5-6-8-14-12/h11-13H,3-10H2,1-2H3. The zero-order chi connectivity index (χ0) is 10.2. The highest BCUT2D eigenvalue weighted by atomic mass is 32.2. The fourth-order valence-corrected chi connectivity index (χ4v) is 3.27. The summed E-state index contributed by atoms with van der Waals surface area (Å²) in [5, 5.41) is 4.54. The third-order valence-corrected chi connectivity index (χ3v) is 4.63. The summed E-state index contributed by atoms with van der Waals surface area (Å²) in [7, 11) is 0. The molecule has 1 fully saturated rings. The lowest BCUT2D eigenvalue weighted by Gasteiger charge is -2.22. The first-order valence-corrected chi connectivity index (χ1v) is 7.24. The molecule has 2 heteroatoms. The molecule has 1 saturated heterocycles. The highest BCUT2D eigenvalue weighted by molar-refractivity contribution is 7.99. The smallest absolute Gasteiger partial charge is 0.0172 e. The Morgan fingerprint density at radius 2 is 2.07 bits per heavy atom. The topological polar surface area (TPSA) is 12.0 Å². The minimum absolute atomic E-state index is 0.892. The van der Waals surface area contributed by atoms with E-state index >= 15 is 0 Å². The highest BCUT2D eigenvalue weighted by Crippen LogP contribution is 2.24. The van der Waals surface area contributed by atoms with Gasteiger partial charge in [0.15, 0.2) is 0 Å². The molecule has 1 rings (SSSR count). The van der Waals surface area contributed by atoms with Crippen molar-refractivity contribution in [3.05, 3.63) is 0 Å². The van der Waals surface area contributed by atoms with E-state index in [2.05, 4.69) is 30.9 Å². The van der Waals surface area contributed by atoms with Crippen LogP contribution in [0.5, 0.6) is 0 Å². The summed E-state index contributed by atoms with van der Waals surface area (Å²) in [6, 6.07) is 0. The van der Waals surface area contributed by atoms with Crippen molar-refractivity contribution in [2.75, 3.05) is 18.8 Å². The summed E-state index contributed by atoms with van der Waals surface area (Å²) in [6.07, 6.45) is 6.96. The van der Waals surface area contributed by atoms with Gasteiger partial charge in [-0.15, -0.1) is 0 Å². The maximum absolute atomic E-state index is 3.64. The number of rotatable bonds is 6. The normalized spacial score (nSPS) is 22.9. The van der Waals surface area contributed by atoms with E-state index in [9.17, 15) is 0 Å². The van der Waals surface area contributed by atoms with Crippen LogP contribution in [0, 0.1) is 5.92 Å². The molecule has 1 aliphatic heterocycles. The lowest BCUT2D eigenvalue weighted by molar-refractivity contribution is 0.445. The van der Waals surface area contributed by atoms with Crippen LogP contribution in [-0.4, -0.2) is 24.1 Å². The predicted molar refractivity (Wildman–Crippen MR) is 67.0 cm³/mol. The fraction of sp³-hybridized carbons (Fsp3) is 1.00. The van der Waals surface area contributed by atoms with Crippen molar-refractivity contribution >= 4 is 11.8 Å². The van der Waals surface area contributed by atoms with Gasteiger partial charge in [0.05, 0.1) is 0 Å². The second kappa shape index (κ2) is 7.58. The molecule has 0 aromatic heterocycles. The molecule has 1 heterocycles. The van der Waals surface area contributed by atoms with Crippen LogP contribution < -0.4 is 5.32 Å². The van der Waals surface area contributed by atoms with Crippen LogP contribution in [0.15, 0.2) is 0 Å². The Balaban J connectivity index is 2.01. The van der Waals surface area contributed by atoms with Gasteiger partial charge in [0.1, 0.15) is 0 Å². The van der Waals surface area contributed by atoms with E-state index < -0.39 is 0 Å². The van der Waals surface area contributed by atoms with Gasteiger partial charge in [-0.2, -0.15) is 11.8 Å². The van der Waals surface area contributed by atoms with Crippen LogP contribution in [0.1, 0.15) is 46.0 Å². The highest BCUT2D eigenvalue weighted by Gasteiger charge is 2.13. The van der Waals surface area contributed by atoms with Gasteiger partial charge in [-0.05, 0) is 31.1 Å². The molecule has 0 bridgehead atoms. The maximum Gasteiger partial charge on any atom is 0.0172 e. The van der Waals surface area contributed by atoms with Gasteiger partial charge < -0.3 is 5.32 Å². The van der Waals surface area contributed by atoms with Gasteiger partial charge in [0, 0.05) is 11.8 Å². The largest absolute Gasteiger partial charge is 0.315 e. The number of nitrogens with one attached hydrogen (secondary N) is 1. The van der Waals surface area contributed by atoms with Crippen LogP contribution in [0.3, 0.4) is 0 Å². The Labute approximate surface area is 93.4 Å². The average Bonchev–Trinajstić information content (AvgIpc) is 2.26. The Kier molecular flexibility index (Phi) is 6.70. The molecule has 0 amide bonds. The Hall–Kier alpha value is 0.310. The van der Waals surface area contributed by atoms with E-state index in [1.165, 1.54) is 50.9 Å². The Morgan fingerprint density at radius 3 is 2.64 bits per heavy atom. The van der Waals surface area contributed by atoms with Gasteiger partial charge in [-0.1, -0.05) is 33.1 Å². The molecule has 1 atom stereocenters. The molecular weight excluding hydrogens is 190 g/mol. The van der Waals surface area contributed by atoms with Crippen LogP contribution in [0.2, 0.25) is 0 Å². The van der Waals surface area contributed by atoms with Gasteiger partial charge in [0.2, 0.25) is 0 Å². The first-order valence-electron chi connectivity index (χ1n) is 6.19. The lowest BCUT2D eigenvalue weighted by atomic mass is 10.0. The average molecular weight is 215 g/mol. The third kappa shape index (κ3) is 4.70. The summed E-state index contributed by atoms with van der Waals surface area (Å²) in [4.78, 5) is 0. The van der Waals surface area contributed by atoms with Crippen molar-refractivity contribution in [1.29, 1.82) is 0 Å². The molecule has 1 nitrogen and oxygen atoms in total. The Bertz CT molecular complexity index is 128. The van der Waals surface area contributed by atoms with Gasteiger partial charge >= 0.3 is 0 Å². The molecular formula is C12H25NS. The first kappa shape index (κ1) is 12.4. The van der Waals surface area contributed by atoms with E-state index in [1.54, 1.807) is 0 Å². The summed E-state index contributed by atoms with van der Waals surface area (Å²) >= 11 is 2.17. The third-order valence-electron chi connectivity index (χ3n) is 3.23. The summed E-state index contributed by atoms with van der Waals surface area (Å²) in [6.45, 7) is 7.06. The molecule has 84 valence electrons. The van der Waals surface area contributed by atoms with Gasteiger partial charge in [-0.25, -0.2) is 0 Å². The molecule has 1 unspecified atom stereocenters. The van der Waals surface area contributed by atoms with Gasteiger partial charge in [-0.3, -0.25) is 0 Å². The minimum atomic E-state index is 0.892. The van der Waals surface area contributed by atoms with Crippen molar-refractivity contribution in [3.63, 3.8) is 0 Å². The second-order valence-electron chi connectivity index (χ2n) is 4.33. The van der Waals surface area contributed by atoms with E-state index in [4.69, 9.17) is 0 Å². The quantitative estimate of drug-likeness (QED) is 0.729. The number of hydrogen-bond donors (Lipinski definition) is 1. The molecule has 1 N–H and O–H groups in total. The monoisotopic (exact) mass is 215 g/mol. The summed E-state index contributed by atoms with van der Waals surface area (Å²) in [5.41, 5.74) is 0. The van der Waals surface area contributed by atoms with Crippen LogP contribution >= 0.6 is 11.8 Å². The summed E-state index contributed by atoms with van der Waals surface area (Å²) in [5.74, 6) is 2.28. The van der Waals surface area contributed by atoms with Crippen LogP contribution in [-0.2, 0) is 0 Å². The van der Waals surface area contributed by atoms with E-state index in [0.717, 1.165) is 11.2 Å².